The standard InChI is InChI=1S/C22H21FN4O2S/c1-3-19(21(28)24-16-11-7-6-10-15(16)23)30-22-26-25-20(27(22)4-2)18-13-14-9-5-8-12-17(14)29-18/h5-13,19H,3-4H2,1-2H3,(H,24,28). The summed E-state index contributed by atoms with van der Waals surface area (Å²) in [5, 5.41) is 12.4. The van der Waals surface area contributed by atoms with Crippen molar-refractivity contribution >= 4 is 34.3 Å². The average molecular weight is 425 g/mol. The summed E-state index contributed by atoms with van der Waals surface area (Å²) in [6.07, 6.45) is 0.557. The maximum atomic E-state index is 13.9. The Morgan fingerprint density at radius 1 is 1.17 bits per heavy atom. The molecule has 1 N–H and O–H groups in total. The van der Waals surface area contributed by atoms with Gasteiger partial charge >= 0.3 is 0 Å². The highest BCUT2D eigenvalue weighted by atomic mass is 32.2. The van der Waals surface area contributed by atoms with Crippen LogP contribution in [0.5, 0.6) is 0 Å². The van der Waals surface area contributed by atoms with Crippen LogP contribution < -0.4 is 5.32 Å². The molecule has 0 saturated heterocycles. The molecule has 2 heterocycles. The minimum Gasteiger partial charge on any atom is -0.453 e. The second-order valence-electron chi connectivity index (χ2n) is 6.68. The van der Waals surface area contributed by atoms with Gasteiger partial charge < -0.3 is 9.73 Å². The van der Waals surface area contributed by atoms with Gasteiger partial charge in [0, 0.05) is 11.9 Å². The molecule has 0 fully saturated rings. The SMILES string of the molecule is CCC(Sc1nnc(-c2cc3ccccc3o2)n1CC)C(=O)Nc1ccccc1F. The van der Waals surface area contributed by atoms with Crippen molar-refractivity contribution in [2.45, 2.75) is 37.2 Å². The van der Waals surface area contributed by atoms with E-state index in [9.17, 15) is 9.18 Å². The van der Waals surface area contributed by atoms with Crippen LogP contribution in [0.4, 0.5) is 10.1 Å². The number of carbonyl (C=O) groups is 1. The van der Waals surface area contributed by atoms with Crippen LogP contribution in [0.15, 0.2) is 64.2 Å². The highest BCUT2D eigenvalue weighted by molar-refractivity contribution is 8.00. The van der Waals surface area contributed by atoms with E-state index < -0.39 is 11.1 Å². The van der Waals surface area contributed by atoms with Gasteiger partial charge in [-0.25, -0.2) is 4.39 Å². The molecule has 0 aliphatic heterocycles. The lowest BCUT2D eigenvalue weighted by Crippen LogP contribution is -2.25. The Hall–Kier alpha value is -3.13. The summed E-state index contributed by atoms with van der Waals surface area (Å²) in [5.41, 5.74) is 0.949. The highest BCUT2D eigenvalue weighted by Gasteiger charge is 2.24. The first-order valence-corrected chi connectivity index (χ1v) is 10.6. The largest absolute Gasteiger partial charge is 0.453 e. The summed E-state index contributed by atoms with van der Waals surface area (Å²) in [6, 6.07) is 15.8. The van der Waals surface area contributed by atoms with Gasteiger partial charge in [-0.3, -0.25) is 9.36 Å². The monoisotopic (exact) mass is 424 g/mol. The fourth-order valence-electron chi connectivity index (χ4n) is 3.16. The van der Waals surface area contributed by atoms with Crippen LogP contribution in [-0.4, -0.2) is 25.9 Å². The number of fused-ring (bicyclic) bond motifs is 1. The lowest BCUT2D eigenvalue weighted by Gasteiger charge is -2.15. The molecule has 4 rings (SSSR count). The second-order valence-corrected chi connectivity index (χ2v) is 7.85. The smallest absolute Gasteiger partial charge is 0.238 e. The maximum Gasteiger partial charge on any atom is 0.238 e. The number of benzene rings is 2. The number of hydrogen-bond acceptors (Lipinski definition) is 5. The topological polar surface area (TPSA) is 73.0 Å². The third kappa shape index (κ3) is 3.95. The van der Waals surface area contributed by atoms with Crippen LogP contribution in [0, 0.1) is 5.82 Å². The molecule has 0 bridgehead atoms. The zero-order valence-electron chi connectivity index (χ0n) is 16.6. The molecule has 1 atom stereocenters. The van der Waals surface area contributed by atoms with Gasteiger partial charge in [0.1, 0.15) is 11.4 Å². The molecule has 6 nitrogen and oxygen atoms in total. The van der Waals surface area contributed by atoms with E-state index in [2.05, 4.69) is 15.5 Å². The van der Waals surface area contributed by atoms with Gasteiger partial charge in [-0.2, -0.15) is 0 Å². The Labute approximate surface area is 177 Å². The van der Waals surface area contributed by atoms with Gasteiger partial charge in [-0.05, 0) is 37.6 Å². The van der Waals surface area contributed by atoms with Crippen molar-refractivity contribution in [3.05, 3.63) is 60.4 Å². The Morgan fingerprint density at radius 2 is 1.93 bits per heavy atom. The molecule has 4 aromatic rings. The number of anilines is 1. The highest BCUT2D eigenvalue weighted by Crippen LogP contribution is 2.31. The van der Waals surface area contributed by atoms with E-state index in [-0.39, 0.29) is 11.6 Å². The summed E-state index contributed by atoms with van der Waals surface area (Å²) in [5.74, 6) is 0.500. The molecule has 1 unspecified atom stereocenters. The normalized spacial score (nSPS) is 12.2. The van der Waals surface area contributed by atoms with E-state index in [1.165, 1.54) is 17.8 Å². The number of halogens is 1. The lowest BCUT2D eigenvalue weighted by molar-refractivity contribution is -0.115. The first kappa shape index (κ1) is 20.2. The van der Waals surface area contributed by atoms with Gasteiger partial charge in [0.25, 0.3) is 0 Å². The Morgan fingerprint density at radius 3 is 2.67 bits per heavy atom. The zero-order chi connectivity index (χ0) is 21.1. The Kier molecular flexibility index (Phi) is 5.85. The van der Waals surface area contributed by atoms with Crippen molar-refractivity contribution in [3.8, 4) is 11.6 Å². The average Bonchev–Trinajstić information content (AvgIpc) is 3.36. The molecule has 8 heteroatoms. The minimum atomic E-state index is -0.463. The number of nitrogens with one attached hydrogen (secondary N) is 1. The van der Waals surface area contributed by atoms with Gasteiger partial charge in [0.2, 0.25) is 11.7 Å². The summed E-state index contributed by atoms with van der Waals surface area (Å²) in [4.78, 5) is 12.7. The lowest BCUT2D eigenvalue weighted by atomic mass is 10.2. The van der Waals surface area contributed by atoms with Crippen molar-refractivity contribution < 1.29 is 13.6 Å². The summed E-state index contributed by atoms with van der Waals surface area (Å²) >= 11 is 1.31. The number of amides is 1. The van der Waals surface area contributed by atoms with E-state index in [0.717, 1.165) is 11.0 Å². The van der Waals surface area contributed by atoms with Crippen molar-refractivity contribution in [1.29, 1.82) is 0 Å². The molecule has 0 spiro atoms. The Balaban J connectivity index is 1.57. The quantitative estimate of drug-likeness (QED) is 0.404. The molecule has 1 amide bonds. The number of furan rings is 1. The first-order chi connectivity index (χ1) is 14.6. The molecule has 0 aliphatic rings. The third-order valence-corrected chi connectivity index (χ3v) is 6.07. The van der Waals surface area contributed by atoms with E-state index in [1.807, 2.05) is 48.7 Å². The third-order valence-electron chi connectivity index (χ3n) is 4.72. The molecule has 2 aromatic carbocycles. The summed E-state index contributed by atoms with van der Waals surface area (Å²) < 4.78 is 21.7. The number of hydrogen-bond donors (Lipinski definition) is 1. The van der Waals surface area contributed by atoms with Gasteiger partial charge in [0.05, 0.1) is 10.9 Å². The van der Waals surface area contributed by atoms with E-state index in [4.69, 9.17) is 4.42 Å². The number of aromatic nitrogens is 3. The molecule has 0 saturated carbocycles. The Bertz CT molecular complexity index is 1150. The molecular weight excluding hydrogens is 403 g/mol. The fourth-order valence-corrected chi connectivity index (χ4v) is 4.18. The van der Waals surface area contributed by atoms with E-state index >= 15 is 0 Å². The van der Waals surface area contributed by atoms with Crippen LogP contribution in [0.2, 0.25) is 0 Å². The van der Waals surface area contributed by atoms with Crippen molar-refractivity contribution in [3.63, 3.8) is 0 Å². The number of rotatable bonds is 7. The van der Waals surface area contributed by atoms with Crippen LogP contribution in [-0.2, 0) is 11.3 Å². The van der Waals surface area contributed by atoms with Crippen molar-refractivity contribution in [2.24, 2.45) is 0 Å². The number of thioether (sulfide) groups is 1. The predicted octanol–water partition coefficient (Wildman–Crippen LogP) is 5.36. The van der Waals surface area contributed by atoms with Crippen LogP contribution in [0.25, 0.3) is 22.6 Å². The number of para-hydroxylation sites is 2. The molecule has 30 heavy (non-hydrogen) atoms. The van der Waals surface area contributed by atoms with Crippen LogP contribution in [0.1, 0.15) is 20.3 Å². The molecule has 2 aromatic heterocycles. The maximum absolute atomic E-state index is 13.9. The zero-order valence-corrected chi connectivity index (χ0v) is 17.4. The van der Waals surface area contributed by atoms with Gasteiger partial charge in [-0.1, -0.05) is 49.0 Å². The van der Waals surface area contributed by atoms with Gasteiger partial charge in [0.15, 0.2) is 10.9 Å². The summed E-state index contributed by atoms with van der Waals surface area (Å²) in [6.45, 7) is 4.51. The van der Waals surface area contributed by atoms with Gasteiger partial charge in [-0.15, -0.1) is 10.2 Å². The number of nitrogens with zero attached hydrogens (tertiary/aromatic N) is 3. The minimum absolute atomic E-state index is 0.168. The predicted molar refractivity (Wildman–Crippen MR) is 116 cm³/mol. The van der Waals surface area contributed by atoms with Crippen LogP contribution >= 0.6 is 11.8 Å². The molecule has 0 aliphatic carbocycles. The molecule has 0 radical (unpaired) electrons. The molecular formula is C22H21FN4O2S. The first-order valence-electron chi connectivity index (χ1n) is 9.75. The fraction of sp³-hybridized carbons (Fsp3) is 0.227. The van der Waals surface area contributed by atoms with Crippen LogP contribution in [0.3, 0.4) is 0 Å². The number of carbonyl (C=O) groups excluding carboxylic acids is 1. The molecule has 154 valence electrons. The van der Waals surface area contributed by atoms with Crippen molar-refractivity contribution in [2.75, 3.05) is 5.32 Å². The van der Waals surface area contributed by atoms with E-state index in [0.29, 0.717) is 29.7 Å². The summed E-state index contributed by atoms with van der Waals surface area (Å²) in [7, 11) is 0. The van der Waals surface area contributed by atoms with Crippen molar-refractivity contribution in [1.82, 2.24) is 14.8 Å². The second kappa shape index (κ2) is 8.71. The van der Waals surface area contributed by atoms with E-state index in [1.54, 1.807) is 18.2 Å².